The van der Waals surface area contributed by atoms with Crippen LogP contribution in [-0.2, 0) is 4.74 Å². The van der Waals surface area contributed by atoms with Crippen LogP contribution >= 0.6 is 11.3 Å². The van der Waals surface area contributed by atoms with Crippen molar-refractivity contribution in [3.05, 3.63) is 62.1 Å². The maximum absolute atomic E-state index is 10.9. The maximum atomic E-state index is 10.9. The number of nitrogens with one attached hydrogen (secondary N) is 1. The minimum Gasteiger partial charge on any atom is -0.378 e. The third-order valence-corrected chi connectivity index (χ3v) is 8.31. The number of nitro groups is 1. The molecule has 0 amide bonds. The Bertz CT molecular complexity index is 863. The minimum absolute atomic E-state index is 0.114. The van der Waals surface area contributed by atoms with Crippen LogP contribution in [0.4, 0.5) is 0 Å². The molecule has 7 heteroatoms. The van der Waals surface area contributed by atoms with Crippen LogP contribution < -0.4 is 5.43 Å². The van der Waals surface area contributed by atoms with Gasteiger partial charge in [0, 0.05) is 22.9 Å². The molecule has 0 bridgehead atoms. The number of hydrogen-bond acceptors (Lipinski definition) is 5. The Labute approximate surface area is 215 Å². The van der Waals surface area contributed by atoms with Crippen LogP contribution in [0.25, 0.3) is 0 Å². The lowest BCUT2D eigenvalue weighted by atomic mass is 9.83. The number of hydrazine groups is 1. The molecular formula is C28H43N3O3S. The molecule has 1 N–H and O–H groups in total. The molecule has 1 aromatic heterocycles. The van der Waals surface area contributed by atoms with Gasteiger partial charge < -0.3 is 4.74 Å². The van der Waals surface area contributed by atoms with Crippen molar-refractivity contribution in [2.75, 3.05) is 6.61 Å². The minimum atomic E-state index is -0.405. The summed E-state index contributed by atoms with van der Waals surface area (Å²) in [6.07, 6.45) is 11.6. The first kappa shape index (κ1) is 27.6. The molecule has 194 valence electrons. The number of benzene rings is 1. The fourth-order valence-corrected chi connectivity index (χ4v) is 5.78. The van der Waals surface area contributed by atoms with Crippen LogP contribution in [0.5, 0.6) is 0 Å². The third kappa shape index (κ3) is 9.88. The quantitative estimate of drug-likeness (QED) is 0.186. The zero-order chi connectivity index (χ0) is 25.0. The first-order valence-corrected chi connectivity index (χ1v) is 14.3. The Hall–Kier alpha value is -1.99. The van der Waals surface area contributed by atoms with E-state index >= 15 is 0 Å². The summed E-state index contributed by atoms with van der Waals surface area (Å²) in [6.45, 7) is 6.86. The Morgan fingerprint density at radius 2 is 1.80 bits per heavy atom. The second-order valence-electron chi connectivity index (χ2n) is 10.3. The van der Waals surface area contributed by atoms with Crippen molar-refractivity contribution >= 4 is 11.3 Å². The lowest BCUT2D eigenvalue weighted by Gasteiger charge is -2.30. The molecule has 6 nitrogen and oxygen atoms in total. The predicted octanol–water partition coefficient (Wildman–Crippen LogP) is 7.42. The van der Waals surface area contributed by atoms with Crippen LogP contribution in [0.1, 0.15) is 106 Å². The maximum Gasteiger partial charge on any atom is 0.157 e. The lowest BCUT2D eigenvalue weighted by Crippen LogP contribution is -2.41. The van der Waals surface area contributed by atoms with E-state index in [-0.39, 0.29) is 12.0 Å². The molecule has 0 aliphatic heterocycles. The van der Waals surface area contributed by atoms with Gasteiger partial charge in [0.05, 0.1) is 23.8 Å². The molecule has 2 atom stereocenters. The van der Waals surface area contributed by atoms with Crippen molar-refractivity contribution in [3.8, 4) is 0 Å². The number of aromatic nitrogens is 1. The monoisotopic (exact) mass is 501 g/mol. The summed E-state index contributed by atoms with van der Waals surface area (Å²) in [6, 6.07) is 10.6. The normalized spacial score (nSPS) is 21.5. The Morgan fingerprint density at radius 1 is 1.11 bits per heavy atom. The molecule has 2 fully saturated rings. The number of unbranched alkanes of at least 4 members (excludes halogenated alkanes) is 2. The fourth-order valence-electron chi connectivity index (χ4n) is 4.81. The van der Waals surface area contributed by atoms with Crippen molar-refractivity contribution in [1.29, 1.82) is 0 Å². The standard InChI is InChI=1S/C21H34N2O3.C7H9NS/c1-3-4-6-11-21(22-23(24)25)17(2)16-26-20-14-12-19(13-15-20)18-9-7-5-8-10-18;1-5-4-9-7(8-5)6-2-3-6/h5,7-10,17,19-22H,3-4,6,11-16H2,1-2H3;4,6H,2-3H2,1H3. The van der Waals surface area contributed by atoms with Gasteiger partial charge in [0.1, 0.15) is 0 Å². The first-order chi connectivity index (χ1) is 17.0. The van der Waals surface area contributed by atoms with E-state index in [0.717, 1.165) is 57.3 Å². The molecule has 1 heterocycles. The van der Waals surface area contributed by atoms with Gasteiger partial charge in [-0.2, -0.15) is 0 Å². The third-order valence-electron chi connectivity index (χ3n) is 7.18. The van der Waals surface area contributed by atoms with Crippen molar-refractivity contribution < 1.29 is 9.77 Å². The predicted molar refractivity (Wildman–Crippen MR) is 143 cm³/mol. The highest BCUT2D eigenvalue weighted by molar-refractivity contribution is 7.09. The topological polar surface area (TPSA) is 77.3 Å². The Balaban J connectivity index is 0.000000313. The number of hydrogen-bond donors (Lipinski definition) is 1. The zero-order valence-electron chi connectivity index (χ0n) is 21.7. The fraction of sp³-hybridized carbons (Fsp3) is 0.679. The summed E-state index contributed by atoms with van der Waals surface area (Å²) >= 11 is 1.81. The van der Waals surface area contributed by atoms with Crippen LogP contribution in [0, 0.1) is 23.0 Å². The second-order valence-corrected chi connectivity index (χ2v) is 11.2. The van der Waals surface area contributed by atoms with E-state index in [2.05, 4.69) is 66.9 Å². The summed E-state index contributed by atoms with van der Waals surface area (Å²) in [5.74, 6) is 1.62. The summed E-state index contributed by atoms with van der Waals surface area (Å²) < 4.78 is 6.14. The Morgan fingerprint density at radius 3 is 2.37 bits per heavy atom. The van der Waals surface area contributed by atoms with Gasteiger partial charge in [-0.1, -0.05) is 63.4 Å². The molecule has 2 unspecified atom stereocenters. The van der Waals surface area contributed by atoms with Crippen LogP contribution in [0.15, 0.2) is 35.7 Å². The SMILES string of the molecule is CCCCCC(N[N+](=O)[O-])C(C)COC1CCC(c2ccccc2)CC1.Cc1csc(C2CC2)n1. The van der Waals surface area contributed by atoms with Gasteiger partial charge in [-0.05, 0) is 63.4 Å². The van der Waals surface area contributed by atoms with Gasteiger partial charge in [-0.3, -0.25) is 0 Å². The number of nitrogens with zero attached hydrogens (tertiary/aromatic N) is 2. The summed E-state index contributed by atoms with van der Waals surface area (Å²) in [7, 11) is 0. The number of rotatable bonds is 12. The first-order valence-electron chi connectivity index (χ1n) is 13.4. The summed E-state index contributed by atoms with van der Waals surface area (Å²) in [5, 5.41) is 14.0. The molecule has 0 radical (unpaired) electrons. The highest BCUT2D eigenvalue weighted by Gasteiger charge is 2.27. The highest BCUT2D eigenvalue weighted by atomic mass is 32.1. The van der Waals surface area contributed by atoms with E-state index in [1.165, 1.54) is 29.1 Å². The molecule has 1 aromatic carbocycles. The molecule has 35 heavy (non-hydrogen) atoms. The van der Waals surface area contributed by atoms with E-state index in [1.807, 2.05) is 11.3 Å². The summed E-state index contributed by atoms with van der Waals surface area (Å²) in [4.78, 5) is 15.3. The van der Waals surface area contributed by atoms with E-state index in [9.17, 15) is 10.1 Å². The van der Waals surface area contributed by atoms with Crippen LogP contribution in [0.2, 0.25) is 0 Å². The molecular weight excluding hydrogens is 458 g/mol. The average Bonchev–Trinajstić information content (AvgIpc) is 3.63. The van der Waals surface area contributed by atoms with E-state index < -0.39 is 5.03 Å². The van der Waals surface area contributed by atoms with Crippen LogP contribution in [-0.4, -0.2) is 28.8 Å². The van der Waals surface area contributed by atoms with Crippen molar-refractivity contribution in [1.82, 2.24) is 10.4 Å². The van der Waals surface area contributed by atoms with E-state index in [4.69, 9.17) is 4.74 Å². The smallest absolute Gasteiger partial charge is 0.157 e. The van der Waals surface area contributed by atoms with Crippen molar-refractivity contribution in [3.63, 3.8) is 0 Å². The molecule has 0 spiro atoms. The number of aryl methyl sites for hydroxylation is 1. The molecule has 2 aromatic rings. The lowest BCUT2D eigenvalue weighted by molar-refractivity contribution is -0.553. The van der Waals surface area contributed by atoms with Gasteiger partial charge in [0.2, 0.25) is 0 Å². The van der Waals surface area contributed by atoms with E-state index in [0.29, 0.717) is 18.6 Å². The molecule has 4 rings (SSSR count). The molecule has 2 aliphatic rings. The van der Waals surface area contributed by atoms with Crippen LogP contribution in [0.3, 0.4) is 0 Å². The second kappa shape index (κ2) is 14.5. The number of ether oxygens (including phenoxy) is 1. The molecule has 2 saturated carbocycles. The van der Waals surface area contributed by atoms with Gasteiger partial charge in [-0.25, -0.2) is 15.1 Å². The van der Waals surface area contributed by atoms with Gasteiger partial charge in [0.15, 0.2) is 5.03 Å². The largest absolute Gasteiger partial charge is 0.378 e. The van der Waals surface area contributed by atoms with Gasteiger partial charge >= 0.3 is 0 Å². The number of thiazole rings is 1. The van der Waals surface area contributed by atoms with Gasteiger partial charge in [0.25, 0.3) is 0 Å². The molecule has 2 aliphatic carbocycles. The van der Waals surface area contributed by atoms with E-state index in [1.54, 1.807) is 0 Å². The van der Waals surface area contributed by atoms with Gasteiger partial charge in [-0.15, -0.1) is 16.8 Å². The Kier molecular flexibility index (Phi) is 11.5. The zero-order valence-corrected chi connectivity index (χ0v) is 22.5. The summed E-state index contributed by atoms with van der Waals surface area (Å²) in [5.41, 5.74) is 5.11. The van der Waals surface area contributed by atoms with Crippen molar-refractivity contribution in [2.45, 2.75) is 109 Å². The van der Waals surface area contributed by atoms with Crippen molar-refractivity contribution in [2.24, 2.45) is 5.92 Å². The molecule has 0 saturated heterocycles. The highest BCUT2D eigenvalue weighted by Crippen LogP contribution is 2.41. The average molecular weight is 502 g/mol.